The van der Waals surface area contributed by atoms with Crippen LogP contribution in [0.4, 0.5) is 0 Å². The van der Waals surface area contributed by atoms with Crippen LogP contribution in [0.2, 0.25) is 0 Å². The third kappa shape index (κ3) is 1.94. The Morgan fingerprint density at radius 3 is 2.18 bits per heavy atom. The largest absolute Gasteiger partial charge is 0.394 e. The van der Waals surface area contributed by atoms with Gasteiger partial charge in [-0.25, -0.2) is 0 Å². The van der Waals surface area contributed by atoms with Crippen LogP contribution in [0.5, 0.6) is 0 Å². The van der Waals surface area contributed by atoms with E-state index in [0.29, 0.717) is 11.3 Å². The highest BCUT2D eigenvalue weighted by atomic mass is 16.3. The van der Waals surface area contributed by atoms with Gasteiger partial charge in [-0.3, -0.25) is 0 Å². The molecular formula is C9H18O2. The van der Waals surface area contributed by atoms with Gasteiger partial charge >= 0.3 is 0 Å². The SMILES string of the molecule is CC(C)C1(C[C@H](O)CO)CC1. The van der Waals surface area contributed by atoms with Gasteiger partial charge in [-0.15, -0.1) is 0 Å². The summed E-state index contributed by atoms with van der Waals surface area (Å²) in [5.41, 5.74) is 0.363. The molecular weight excluding hydrogens is 140 g/mol. The van der Waals surface area contributed by atoms with E-state index in [0.717, 1.165) is 6.42 Å². The molecule has 0 spiro atoms. The van der Waals surface area contributed by atoms with Crippen molar-refractivity contribution in [3.05, 3.63) is 0 Å². The average Bonchev–Trinajstić information content (AvgIpc) is 2.69. The predicted octanol–water partition coefficient (Wildman–Crippen LogP) is 1.17. The molecule has 0 aromatic heterocycles. The Morgan fingerprint density at radius 2 is 1.91 bits per heavy atom. The van der Waals surface area contributed by atoms with Crippen molar-refractivity contribution < 1.29 is 10.2 Å². The fourth-order valence-corrected chi connectivity index (χ4v) is 1.71. The molecule has 1 aliphatic rings. The molecule has 1 saturated carbocycles. The Balaban J connectivity index is 2.35. The second kappa shape index (κ2) is 3.11. The van der Waals surface area contributed by atoms with Gasteiger partial charge in [0.2, 0.25) is 0 Å². The molecule has 0 aromatic carbocycles. The molecule has 0 amide bonds. The van der Waals surface area contributed by atoms with Crippen molar-refractivity contribution in [1.29, 1.82) is 0 Å². The van der Waals surface area contributed by atoms with Crippen LogP contribution < -0.4 is 0 Å². The molecule has 0 saturated heterocycles. The number of hydrogen-bond donors (Lipinski definition) is 2. The van der Waals surface area contributed by atoms with Gasteiger partial charge in [0.1, 0.15) is 0 Å². The summed E-state index contributed by atoms with van der Waals surface area (Å²) in [7, 11) is 0. The van der Waals surface area contributed by atoms with Gasteiger partial charge in [0.15, 0.2) is 0 Å². The van der Waals surface area contributed by atoms with Crippen molar-refractivity contribution in [2.24, 2.45) is 11.3 Å². The van der Waals surface area contributed by atoms with E-state index in [4.69, 9.17) is 5.11 Å². The smallest absolute Gasteiger partial charge is 0.0776 e. The van der Waals surface area contributed by atoms with Crippen molar-refractivity contribution in [3.8, 4) is 0 Å². The van der Waals surface area contributed by atoms with Crippen LogP contribution in [-0.2, 0) is 0 Å². The van der Waals surface area contributed by atoms with Crippen molar-refractivity contribution in [2.75, 3.05) is 6.61 Å². The van der Waals surface area contributed by atoms with E-state index in [1.807, 2.05) is 0 Å². The first kappa shape index (κ1) is 9.01. The summed E-state index contributed by atoms with van der Waals surface area (Å²) in [6, 6.07) is 0. The molecule has 0 bridgehead atoms. The minimum atomic E-state index is -0.500. The lowest BCUT2D eigenvalue weighted by atomic mass is 9.87. The summed E-state index contributed by atoms with van der Waals surface area (Å²) in [5.74, 6) is 0.642. The van der Waals surface area contributed by atoms with Crippen molar-refractivity contribution >= 4 is 0 Å². The summed E-state index contributed by atoms with van der Waals surface area (Å²) >= 11 is 0. The Morgan fingerprint density at radius 1 is 1.36 bits per heavy atom. The Kier molecular flexibility index (Phi) is 2.55. The van der Waals surface area contributed by atoms with E-state index in [1.165, 1.54) is 12.8 Å². The van der Waals surface area contributed by atoms with E-state index >= 15 is 0 Å². The highest BCUT2D eigenvalue weighted by molar-refractivity contribution is 4.96. The fourth-order valence-electron chi connectivity index (χ4n) is 1.71. The van der Waals surface area contributed by atoms with Gasteiger partial charge in [0.25, 0.3) is 0 Å². The number of aliphatic hydroxyl groups is 2. The molecule has 1 aliphatic carbocycles. The monoisotopic (exact) mass is 158 g/mol. The first-order valence-electron chi connectivity index (χ1n) is 4.39. The van der Waals surface area contributed by atoms with Crippen LogP contribution in [0, 0.1) is 11.3 Å². The van der Waals surface area contributed by atoms with Crippen molar-refractivity contribution in [3.63, 3.8) is 0 Å². The van der Waals surface area contributed by atoms with Crippen LogP contribution >= 0.6 is 0 Å². The van der Waals surface area contributed by atoms with Gasteiger partial charge in [-0.2, -0.15) is 0 Å². The lowest BCUT2D eigenvalue weighted by Gasteiger charge is -2.21. The van der Waals surface area contributed by atoms with Crippen LogP contribution in [-0.4, -0.2) is 22.9 Å². The molecule has 2 N–H and O–H groups in total. The van der Waals surface area contributed by atoms with E-state index in [9.17, 15) is 5.11 Å². The Hall–Kier alpha value is -0.0800. The molecule has 1 fully saturated rings. The standard InChI is InChI=1S/C9H18O2/c1-7(2)9(3-4-9)5-8(11)6-10/h7-8,10-11H,3-6H2,1-2H3/t8-/m0/s1. The lowest BCUT2D eigenvalue weighted by Crippen LogP contribution is -2.21. The van der Waals surface area contributed by atoms with Crippen LogP contribution in [0.1, 0.15) is 33.1 Å². The van der Waals surface area contributed by atoms with E-state index in [-0.39, 0.29) is 6.61 Å². The van der Waals surface area contributed by atoms with Gasteiger partial charge < -0.3 is 10.2 Å². The Labute approximate surface area is 68.2 Å². The average molecular weight is 158 g/mol. The Bertz CT molecular complexity index is 128. The van der Waals surface area contributed by atoms with Crippen LogP contribution in [0.15, 0.2) is 0 Å². The van der Waals surface area contributed by atoms with Gasteiger partial charge in [0, 0.05) is 0 Å². The fraction of sp³-hybridized carbons (Fsp3) is 1.00. The third-order valence-electron chi connectivity index (χ3n) is 2.97. The van der Waals surface area contributed by atoms with Crippen LogP contribution in [0.25, 0.3) is 0 Å². The topological polar surface area (TPSA) is 40.5 Å². The lowest BCUT2D eigenvalue weighted by molar-refractivity contribution is 0.0613. The molecule has 0 radical (unpaired) electrons. The molecule has 0 aromatic rings. The van der Waals surface area contributed by atoms with Gasteiger partial charge in [-0.05, 0) is 30.6 Å². The molecule has 0 aliphatic heterocycles. The summed E-state index contributed by atoms with van der Waals surface area (Å²) < 4.78 is 0. The zero-order chi connectivity index (χ0) is 8.48. The highest BCUT2D eigenvalue weighted by Crippen LogP contribution is 2.55. The molecule has 0 heterocycles. The quantitative estimate of drug-likeness (QED) is 0.644. The minimum absolute atomic E-state index is 0.0888. The maximum absolute atomic E-state index is 9.23. The third-order valence-corrected chi connectivity index (χ3v) is 2.97. The van der Waals surface area contributed by atoms with E-state index < -0.39 is 6.10 Å². The highest BCUT2D eigenvalue weighted by Gasteiger charge is 2.46. The number of hydrogen-bond acceptors (Lipinski definition) is 2. The zero-order valence-corrected chi connectivity index (χ0v) is 7.38. The molecule has 66 valence electrons. The van der Waals surface area contributed by atoms with Crippen molar-refractivity contribution in [1.82, 2.24) is 0 Å². The maximum Gasteiger partial charge on any atom is 0.0776 e. The molecule has 0 unspecified atom stereocenters. The summed E-state index contributed by atoms with van der Waals surface area (Å²) in [6.45, 7) is 4.29. The van der Waals surface area contributed by atoms with Crippen LogP contribution in [0.3, 0.4) is 0 Å². The second-order valence-corrected chi connectivity index (χ2v) is 4.06. The first-order valence-corrected chi connectivity index (χ1v) is 4.39. The normalized spacial score (nSPS) is 23.7. The second-order valence-electron chi connectivity index (χ2n) is 4.06. The molecule has 2 nitrogen and oxygen atoms in total. The number of aliphatic hydroxyl groups excluding tert-OH is 2. The summed E-state index contributed by atoms with van der Waals surface area (Å²) in [5, 5.41) is 17.9. The zero-order valence-electron chi connectivity index (χ0n) is 7.38. The minimum Gasteiger partial charge on any atom is -0.394 e. The van der Waals surface area contributed by atoms with E-state index in [2.05, 4.69) is 13.8 Å². The molecule has 1 atom stereocenters. The van der Waals surface area contributed by atoms with Gasteiger partial charge in [-0.1, -0.05) is 13.8 Å². The maximum atomic E-state index is 9.23. The summed E-state index contributed by atoms with van der Waals surface area (Å²) in [6.07, 6.45) is 2.73. The summed E-state index contributed by atoms with van der Waals surface area (Å²) in [4.78, 5) is 0. The number of rotatable bonds is 4. The van der Waals surface area contributed by atoms with Gasteiger partial charge in [0.05, 0.1) is 12.7 Å². The molecule has 1 rings (SSSR count). The molecule has 11 heavy (non-hydrogen) atoms. The first-order chi connectivity index (χ1) is 5.10. The van der Waals surface area contributed by atoms with E-state index in [1.54, 1.807) is 0 Å². The van der Waals surface area contributed by atoms with Crippen molar-refractivity contribution in [2.45, 2.75) is 39.2 Å². The predicted molar refractivity (Wildman–Crippen MR) is 44.2 cm³/mol. The molecule has 2 heteroatoms.